The van der Waals surface area contributed by atoms with Crippen molar-refractivity contribution in [2.75, 3.05) is 0 Å². The fourth-order valence-corrected chi connectivity index (χ4v) is 2.33. The monoisotopic (exact) mass is 314 g/mol. The van der Waals surface area contributed by atoms with E-state index in [1.165, 1.54) is 24.3 Å². The number of primary amides is 1. The summed E-state index contributed by atoms with van der Waals surface area (Å²) in [5.41, 5.74) is 8.05. The van der Waals surface area contributed by atoms with Crippen LogP contribution >= 0.6 is 0 Å². The molecule has 0 spiro atoms. The van der Waals surface area contributed by atoms with Crippen molar-refractivity contribution < 1.29 is 14.0 Å². The summed E-state index contributed by atoms with van der Waals surface area (Å²) in [4.78, 5) is 23.6. The van der Waals surface area contributed by atoms with Crippen LogP contribution in [0.1, 0.15) is 16.7 Å². The predicted octanol–water partition coefficient (Wildman–Crippen LogP) is 1.89. The van der Waals surface area contributed by atoms with Gasteiger partial charge in [0.2, 0.25) is 11.8 Å². The SMILES string of the molecule is Cc1cccc(C[C@H](NC(=O)Cc2ccc(F)cc2)C(N)=O)c1. The van der Waals surface area contributed by atoms with Gasteiger partial charge in [-0.05, 0) is 30.2 Å². The lowest BCUT2D eigenvalue weighted by Crippen LogP contribution is -2.46. The van der Waals surface area contributed by atoms with Gasteiger partial charge in [-0.15, -0.1) is 0 Å². The summed E-state index contributed by atoms with van der Waals surface area (Å²) in [5, 5.41) is 2.64. The third-order valence-corrected chi connectivity index (χ3v) is 3.48. The number of carbonyl (C=O) groups is 2. The normalized spacial score (nSPS) is 11.7. The summed E-state index contributed by atoms with van der Waals surface area (Å²) in [6, 6.07) is 12.6. The summed E-state index contributed by atoms with van der Waals surface area (Å²) in [7, 11) is 0. The van der Waals surface area contributed by atoms with Gasteiger partial charge in [0.15, 0.2) is 0 Å². The van der Waals surface area contributed by atoms with Gasteiger partial charge < -0.3 is 11.1 Å². The van der Waals surface area contributed by atoms with Crippen LogP contribution in [-0.2, 0) is 22.4 Å². The predicted molar refractivity (Wildman–Crippen MR) is 86.1 cm³/mol. The lowest BCUT2D eigenvalue weighted by atomic mass is 10.0. The molecule has 0 aliphatic rings. The van der Waals surface area contributed by atoms with E-state index in [1.54, 1.807) is 0 Å². The van der Waals surface area contributed by atoms with E-state index >= 15 is 0 Å². The second kappa shape index (κ2) is 7.54. The first kappa shape index (κ1) is 16.7. The number of aryl methyl sites for hydroxylation is 1. The topological polar surface area (TPSA) is 72.2 Å². The number of benzene rings is 2. The summed E-state index contributed by atoms with van der Waals surface area (Å²) in [6.45, 7) is 1.95. The largest absolute Gasteiger partial charge is 0.368 e. The van der Waals surface area contributed by atoms with Crippen LogP contribution < -0.4 is 11.1 Å². The molecule has 2 aromatic rings. The van der Waals surface area contributed by atoms with E-state index in [1.807, 2.05) is 31.2 Å². The third kappa shape index (κ3) is 5.21. The zero-order valence-corrected chi connectivity index (χ0v) is 12.9. The van der Waals surface area contributed by atoms with Gasteiger partial charge >= 0.3 is 0 Å². The molecule has 0 bridgehead atoms. The van der Waals surface area contributed by atoms with E-state index < -0.39 is 11.9 Å². The molecule has 0 fully saturated rings. The molecule has 0 aromatic heterocycles. The van der Waals surface area contributed by atoms with Gasteiger partial charge in [0.1, 0.15) is 11.9 Å². The zero-order valence-electron chi connectivity index (χ0n) is 12.9. The quantitative estimate of drug-likeness (QED) is 0.854. The van der Waals surface area contributed by atoms with E-state index in [0.717, 1.165) is 11.1 Å². The molecule has 0 radical (unpaired) electrons. The molecule has 0 aliphatic heterocycles. The lowest BCUT2D eigenvalue weighted by molar-refractivity contribution is -0.127. The molecule has 2 rings (SSSR count). The van der Waals surface area contributed by atoms with Crippen LogP contribution in [0.5, 0.6) is 0 Å². The number of rotatable bonds is 6. The zero-order chi connectivity index (χ0) is 16.8. The Hall–Kier alpha value is -2.69. The number of halogens is 1. The second-order valence-electron chi connectivity index (χ2n) is 5.52. The van der Waals surface area contributed by atoms with Crippen molar-refractivity contribution in [1.29, 1.82) is 0 Å². The van der Waals surface area contributed by atoms with Crippen LogP contribution in [0.3, 0.4) is 0 Å². The highest BCUT2D eigenvalue weighted by molar-refractivity contribution is 5.87. The molecule has 0 aliphatic carbocycles. The average molecular weight is 314 g/mol. The van der Waals surface area contributed by atoms with Crippen molar-refractivity contribution in [3.63, 3.8) is 0 Å². The third-order valence-electron chi connectivity index (χ3n) is 3.48. The molecule has 0 saturated carbocycles. The Morgan fingerprint density at radius 3 is 2.43 bits per heavy atom. The first-order valence-electron chi connectivity index (χ1n) is 7.32. The van der Waals surface area contributed by atoms with Gasteiger partial charge in [0, 0.05) is 6.42 Å². The minimum atomic E-state index is -0.773. The molecule has 5 heteroatoms. The summed E-state index contributed by atoms with van der Waals surface area (Å²) < 4.78 is 12.9. The molecule has 2 amide bonds. The maximum absolute atomic E-state index is 12.9. The molecule has 0 heterocycles. The summed E-state index contributed by atoms with van der Waals surface area (Å²) in [6.07, 6.45) is 0.407. The minimum absolute atomic E-state index is 0.0673. The van der Waals surface area contributed by atoms with Crippen LogP contribution in [0, 0.1) is 12.7 Å². The van der Waals surface area contributed by atoms with E-state index in [9.17, 15) is 14.0 Å². The summed E-state index contributed by atoms with van der Waals surface area (Å²) >= 11 is 0. The first-order valence-corrected chi connectivity index (χ1v) is 7.32. The fraction of sp³-hybridized carbons (Fsp3) is 0.222. The highest BCUT2D eigenvalue weighted by atomic mass is 19.1. The fourth-order valence-electron chi connectivity index (χ4n) is 2.33. The van der Waals surface area contributed by atoms with Gasteiger partial charge in [0.25, 0.3) is 0 Å². The van der Waals surface area contributed by atoms with Gasteiger partial charge in [-0.2, -0.15) is 0 Å². The Kier molecular flexibility index (Phi) is 5.46. The van der Waals surface area contributed by atoms with Crippen molar-refractivity contribution in [3.8, 4) is 0 Å². The van der Waals surface area contributed by atoms with Crippen molar-refractivity contribution in [2.24, 2.45) is 5.73 Å². The Balaban J connectivity index is 1.99. The smallest absolute Gasteiger partial charge is 0.240 e. The van der Waals surface area contributed by atoms with Gasteiger partial charge in [-0.25, -0.2) is 4.39 Å². The number of hydrogen-bond donors (Lipinski definition) is 2. The molecule has 0 unspecified atom stereocenters. The Bertz CT molecular complexity index is 698. The van der Waals surface area contributed by atoms with Crippen molar-refractivity contribution in [1.82, 2.24) is 5.32 Å². The molecule has 0 saturated heterocycles. The molecule has 120 valence electrons. The van der Waals surface area contributed by atoms with Crippen LogP contribution in [0.15, 0.2) is 48.5 Å². The number of carbonyl (C=O) groups excluding carboxylic acids is 2. The van der Waals surface area contributed by atoms with E-state index in [2.05, 4.69) is 5.32 Å². The maximum Gasteiger partial charge on any atom is 0.240 e. The maximum atomic E-state index is 12.9. The van der Waals surface area contributed by atoms with Crippen LogP contribution in [0.25, 0.3) is 0 Å². The molecule has 3 N–H and O–H groups in total. The molecule has 1 atom stereocenters. The Labute approximate surface area is 134 Å². The van der Waals surface area contributed by atoms with E-state index in [0.29, 0.717) is 12.0 Å². The number of hydrogen-bond acceptors (Lipinski definition) is 2. The second-order valence-corrected chi connectivity index (χ2v) is 5.52. The van der Waals surface area contributed by atoms with Crippen LogP contribution in [0.4, 0.5) is 4.39 Å². The van der Waals surface area contributed by atoms with Gasteiger partial charge in [0.05, 0.1) is 6.42 Å². The van der Waals surface area contributed by atoms with Crippen LogP contribution in [-0.4, -0.2) is 17.9 Å². The minimum Gasteiger partial charge on any atom is -0.368 e. The molecular weight excluding hydrogens is 295 g/mol. The highest BCUT2D eigenvalue weighted by Gasteiger charge is 2.18. The molecule has 4 nitrogen and oxygen atoms in total. The van der Waals surface area contributed by atoms with Gasteiger partial charge in [-0.3, -0.25) is 9.59 Å². The lowest BCUT2D eigenvalue weighted by Gasteiger charge is -2.16. The Morgan fingerprint density at radius 2 is 1.83 bits per heavy atom. The van der Waals surface area contributed by atoms with Crippen molar-refractivity contribution in [2.45, 2.75) is 25.8 Å². The van der Waals surface area contributed by atoms with Crippen molar-refractivity contribution >= 4 is 11.8 Å². The molecular formula is C18H19FN2O2. The van der Waals surface area contributed by atoms with Gasteiger partial charge in [-0.1, -0.05) is 42.0 Å². The number of nitrogens with one attached hydrogen (secondary N) is 1. The van der Waals surface area contributed by atoms with Crippen molar-refractivity contribution in [3.05, 3.63) is 71.0 Å². The van der Waals surface area contributed by atoms with E-state index in [-0.39, 0.29) is 18.1 Å². The average Bonchev–Trinajstić information content (AvgIpc) is 2.49. The standard InChI is InChI=1S/C18H19FN2O2/c1-12-3-2-4-14(9-12)10-16(18(20)23)21-17(22)11-13-5-7-15(19)8-6-13/h2-9,16H,10-11H2,1H3,(H2,20,23)(H,21,22)/t16-/m0/s1. The number of nitrogens with two attached hydrogens (primary N) is 1. The summed E-state index contributed by atoms with van der Waals surface area (Å²) in [5.74, 6) is -1.27. The number of amides is 2. The Morgan fingerprint density at radius 1 is 1.13 bits per heavy atom. The highest BCUT2D eigenvalue weighted by Crippen LogP contribution is 2.08. The molecule has 2 aromatic carbocycles. The van der Waals surface area contributed by atoms with Crippen LogP contribution in [0.2, 0.25) is 0 Å². The first-order chi connectivity index (χ1) is 10.9. The molecule has 23 heavy (non-hydrogen) atoms. The van der Waals surface area contributed by atoms with E-state index in [4.69, 9.17) is 5.73 Å².